The van der Waals surface area contributed by atoms with E-state index in [1.165, 1.54) is 12.3 Å². The zero-order chi connectivity index (χ0) is 17.7. The third kappa shape index (κ3) is 2.59. The number of carbonyl (C=O) groups excluding carboxylic acids is 1. The number of amides is 1. The number of aromatic nitrogens is 1. The maximum Gasteiger partial charge on any atom is 0.339 e. The van der Waals surface area contributed by atoms with Crippen molar-refractivity contribution in [2.75, 3.05) is 13.1 Å². The highest BCUT2D eigenvalue weighted by Crippen LogP contribution is 2.32. The molecule has 132 valence electrons. The lowest BCUT2D eigenvalue weighted by Crippen LogP contribution is -2.62. The van der Waals surface area contributed by atoms with Gasteiger partial charge >= 0.3 is 5.97 Å². The van der Waals surface area contributed by atoms with Gasteiger partial charge in [-0.3, -0.25) is 9.69 Å². The van der Waals surface area contributed by atoms with E-state index in [0.717, 1.165) is 25.9 Å². The molecule has 0 radical (unpaired) electrons. The number of furan rings is 1. The Morgan fingerprint density at radius 3 is 2.72 bits per heavy atom. The summed E-state index contributed by atoms with van der Waals surface area (Å²) >= 11 is 0. The second kappa shape index (κ2) is 5.84. The minimum atomic E-state index is -1.07. The first-order valence-corrected chi connectivity index (χ1v) is 8.63. The number of rotatable bonds is 3. The standard InChI is InChI=1S/C18H21N3O4/c1-9-16(11-3-5-21(9)6-4-11)20-17(22)13-7-12-14(8-19-13)25-10(2)15(12)18(23)24/h7-9,11,16H,3-6H2,1-2H3,(H,20,22)(H,23,24)/t9-,16-/m0/s1. The first kappa shape index (κ1) is 16.1. The van der Waals surface area contributed by atoms with E-state index in [0.29, 0.717) is 28.7 Å². The molecular weight excluding hydrogens is 322 g/mol. The summed E-state index contributed by atoms with van der Waals surface area (Å²) in [6, 6.07) is 1.93. The highest BCUT2D eigenvalue weighted by Gasteiger charge is 2.40. The van der Waals surface area contributed by atoms with Gasteiger partial charge in [-0.2, -0.15) is 0 Å². The normalized spacial score (nSPS) is 28.2. The Balaban J connectivity index is 1.62. The molecule has 5 heterocycles. The van der Waals surface area contributed by atoms with E-state index in [1.807, 2.05) is 0 Å². The molecule has 1 amide bonds. The van der Waals surface area contributed by atoms with Gasteiger partial charge < -0.3 is 14.8 Å². The van der Waals surface area contributed by atoms with E-state index in [1.54, 1.807) is 6.92 Å². The molecule has 3 aliphatic rings. The van der Waals surface area contributed by atoms with Gasteiger partial charge in [-0.05, 0) is 51.8 Å². The summed E-state index contributed by atoms with van der Waals surface area (Å²) in [5.74, 6) is -0.520. The Labute approximate surface area is 145 Å². The molecule has 2 bridgehead atoms. The van der Waals surface area contributed by atoms with Crippen LogP contribution in [0.15, 0.2) is 16.7 Å². The molecule has 0 aliphatic carbocycles. The Morgan fingerprint density at radius 1 is 1.36 bits per heavy atom. The Hall–Kier alpha value is -2.41. The molecule has 2 aromatic rings. The van der Waals surface area contributed by atoms with Crippen LogP contribution in [0.4, 0.5) is 0 Å². The molecule has 3 fully saturated rings. The number of hydrogen-bond acceptors (Lipinski definition) is 5. The molecule has 3 saturated heterocycles. The Morgan fingerprint density at radius 2 is 2.08 bits per heavy atom. The van der Waals surface area contributed by atoms with E-state index in [-0.39, 0.29) is 23.2 Å². The molecule has 0 aromatic carbocycles. The number of nitrogens with one attached hydrogen (secondary N) is 1. The topological polar surface area (TPSA) is 95.7 Å². The molecule has 3 aliphatic heterocycles. The Bertz CT molecular complexity index is 849. The lowest BCUT2D eigenvalue weighted by molar-refractivity contribution is 0.0216. The Kier molecular flexibility index (Phi) is 3.76. The molecule has 0 spiro atoms. The minimum absolute atomic E-state index is 0.0858. The highest BCUT2D eigenvalue weighted by atomic mass is 16.4. The van der Waals surface area contributed by atoms with Crippen molar-refractivity contribution in [1.82, 2.24) is 15.2 Å². The van der Waals surface area contributed by atoms with Gasteiger partial charge in [-0.15, -0.1) is 0 Å². The SMILES string of the molecule is Cc1oc2cnc(C(=O)N[C@@H]3C4CCN(CC4)[C@H]3C)cc2c1C(=O)O. The second-order valence-corrected chi connectivity index (χ2v) is 7.02. The van der Waals surface area contributed by atoms with Crippen molar-refractivity contribution in [2.45, 2.75) is 38.8 Å². The molecule has 7 nitrogen and oxygen atoms in total. The molecule has 2 atom stereocenters. The molecule has 25 heavy (non-hydrogen) atoms. The first-order chi connectivity index (χ1) is 12.0. The van der Waals surface area contributed by atoms with Crippen LogP contribution in [-0.2, 0) is 0 Å². The third-order valence-electron chi connectivity index (χ3n) is 5.67. The van der Waals surface area contributed by atoms with Crippen molar-refractivity contribution in [1.29, 1.82) is 0 Å². The molecule has 0 unspecified atom stereocenters. The number of carboxylic acid groups (broad SMARTS) is 1. The van der Waals surface area contributed by atoms with Crippen LogP contribution >= 0.6 is 0 Å². The minimum Gasteiger partial charge on any atom is -0.478 e. The van der Waals surface area contributed by atoms with Crippen molar-refractivity contribution in [3.63, 3.8) is 0 Å². The van der Waals surface area contributed by atoms with Crippen molar-refractivity contribution in [3.8, 4) is 0 Å². The monoisotopic (exact) mass is 343 g/mol. The number of aromatic carboxylic acids is 1. The van der Waals surface area contributed by atoms with Crippen LogP contribution in [0.2, 0.25) is 0 Å². The van der Waals surface area contributed by atoms with E-state index in [2.05, 4.69) is 22.1 Å². The van der Waals surface area contributed by atoms with Gasteiger partial charge in [-0.25, -0.2) is 9.78 Å². The molecule has 2 N–H and O–H groups in total. The van der Waals surface area contributed by atoms with Gasteiger partial charge in [0, 0.05) is 17.5 Å². The average molecular weight is 343 g/mol. The van der Waals surface area contributed by atoms with Gasteiger partial charge in [0.1, 0.15) is 17.0 Å². The number of fused-ring (bicyclic) bond motifs is 4. The van der Waals surface area contributed by atoms with Crippen LogP contribution in [0.5, 0.6) is 0 Å². The first-order valence-electron chi connectivity index (χ1n) is 8.63. The predicted octanol–water partition coefficient (Wildman–Crippen LogP) is 2.05. The van der Waals surface area contributed by atoms with Gasteiger partial charge in [0.2, 0.25) is 0 Å². The summed E-state index contributed by atoms with van der Waals surface area (Å²) in [5.41, 5.74) is 0.685. The number of piperidine rings is 3. The molecular formula is C18H21N3O4. The number of carboxylic acids is 1. The van der Waals surface area contributed by atoms with Crippen molar-refractivity contribution in [2.24, 2.45) is 5.92 Å². The summed E-state index contributed by atoms with van der Waals surface area (Å²) in [7, 11) is 0. The van der Waals surface area contributed by atoms with Gasteiger partial charge in [0.05, 0.1) is 6.20 Å². The van der Waals surface area contributed by atoms with Crippen LogP contribution in [0.1, 0.15) is 46.4 Å². The maximum atomic E-state index is 12.7. The fourth-order valence-corrected chi connectivity index (χ4v) is 4.29. The summed E-state index contributed by atoms with van der Waals surface area (Å²) in [5, 5.41) is 12.9. The van der Waals surface area contributed by atoms with E-state index >= 15 is 0 Å². The average Bonchev–Trinajstić information content (AvgIpc) is 2.93. The quantitative estimate of drug-likeness (QED) is 0.885. The maximum absolute atomic E-state index is 12.7. The fourth-order valence-electron chi connectivity index (χ4n) is 4.29. The van der Waals surface area contributed by atoms with Crippen LogP contribution < -0.4 is 5.32 Å². The largest absolute Gasteiger partial charge is 0.478 e. The molecule has 0 saturated carbocycles. The molecule has 5 rings (SSSR count). The van der Waals surface area contributed by atoms with Crippen LogP contribution in [0.25, 0.3) is 11.0 Å². The zero-order valence-electron chi connectivity index (χ0n) is 14.3. The van der Waals surface area contributed by atoms with Gasteiger partial charge in [-0.1, -0.05) is 0 Å². The summed E-state index contributed by atoms with van der Waals surface area (Å²) in [4.78, 5) is 30.7. The lowest BCUT2D eigenvalue weighted by atomic mass is 9.79. The third-order valence-corrected chi connectivity index (χ3v) is 5.67. The van der Waals surface area contributed by atoms with Crippen molar-refractivity contribution >= 4 is 22.8 Å². The smallest absolute Gasteiger partial charge is 0.339 e. The zero-order valence-corrected chi connectivity index (χ0v) is 14.3. The number of hydrogen-bond donors (Lipinski definition) is 2. The van der Waals surface area contributed by atoms with Crippen LogP contribution in [0.3, 0.4) is 0 Å². The van der Waals surface area contributed by atoms with Crippen molar-refractivity contribution in [3.05, 3.63) is 29.3 Å². The van der Waals surface area contributed by atoms with Crippen LogP contribution in [-0.4, -0.2) is 52.0 Å². The van der Waals surface area contributed by atoms with Gasteiger partial charge in [0.25, 0.3) is 5.91 Å². The van der Waals surface area contributed by atoms with E-state index < -0.39 is 5.97 Å². The number of aryl methyl sites for hydroxylation is 1. The lowest BCUT2D eigenvalue weighted by Gasteiger charge is -2.49. The fraction of sp³-hybridized carbons (Fsp3) is 0.500. The summed E-state index contributed by atoms with van der Waals surface area (Å²) < 4.78 is 5.42. The molecule has 2 aromatic heterocycles. The molecule has 7 heteroatoms. The summed E-state index contributed by atoms with van der Waals surface area (Å²) in [6.07, 6.45) is 3.63. The number of pyridine rings is 1. The van der Waals surface area contributed by atoms with E-state index in [4.69, 9.17) is 4.42 Å². The summed E-state index contributed by atoms with van der Waals surface area (Å²) in [6.45, 7) is 5.93. The number of nitrogens with zero attached hydrogens (tertiary/aromatic N) is 2. The van der Waals surface area contributed by atoms with E-state index in [9.17, 15) is 14.7 Å². The second-order valence-electron chi connectivity index (χ2n) is 7.02. The van der Waals surface area contributed by atoms with Gasteiger partial charge in [0.15, 0.2) is 5.58 Å². The highest BCUT2D eigenvalue weighted by molar-refractivity contribution is 6.05. The van der Waals surface area contributed by atoms with Crippen molar-refractivity contribution < 1.29 is 19.1 Å². The predicted molar refractivity (Wildman–Crippen MR) is 90.7 cm³/mol. The number of carbonyl (C=O) groups is 2. The van der Waals surface area contributed by atoms with Crippen LogP contribution in [0, 0.1) is 12.8 Å².